The zero-order chi connectivity index (χ0) is 30.1. The SMILES string of the molecule is CNCCN(C)C(=O)OC(CC/C=C/C(=O)N(C)C)C(=O)Nc1cccn(Cc2cc3cc(F)ccc3n2C)c1=O. The second-order valence-electron chi connectivity index (χ2n) is 9.85. The summed E-state index contributed by atoms with van der Waals surface area (Å²) >= 11 is 0. The van der Waals surface area contributed by atoms with Gasteiger partial charge in [0.2, 0.25) is 5.91 Å². The Hall–Kier alpha value is -4.45. The summed E-state index contributed by atoms with van der Waals surface area (Å²) in [5.74, 6) is -1.22. The number of fused-ring (bicyclic) bond motifs is 1. The first-order chi connectivity index (χ1) is 19.5. The maximum Gasteiger partial charge on any atom is 0.410 e. The topological polar surface area (TPSA) is 118 Å². The van der Waals surface area contributed by atoms with Crippen molar-refractivity contribution in [1.29, 1.82) is 0 Å². The summed E-state index contributed by atoms with van der Waals surface area (Å²) in [6.07, 6.45) is 3.07. The molecule has 0 bridgehead atoms. The first-order valence-electron chi connectivity index (χ1n) is 13.2. The summed E-state index contributed by atoms with van der Waals surface area (Å²) in [5.41, 5.74) is 1.16. The molecule has 3 amide bonds. The van der Waals surface area contributed by atoms with Crippen LogP contribution in [0.1, 0.15) is 18.5 Å². The number of aryl methyl sites for hydroxylation is 1. The van der Waals surface area contributed by atoms with Crippen LogP contribution in [0.4, 0.5) is 14.9 Å². The fourth-order valence-corrected chi connectivity index (χ4v) is 4.08. The molecule has 12 heteroatoms. The Morgan fingerprint density at radius 1 is 1.15 bits per heavy atom. The van der Waals surface area contributed by atoms with Crippen molar-refractivity contribution < 1.29 is 23.5 Å². The number of likely N-dealkylation sites (N-methyl/N-ethyl adjacent to an activating group) is 3. The molecule has 0 saturated carbocycles. The molecular formula is C29H37FN6O5. The summed E-state index contributed by atoms with van der Waals surface area (Å²) in [5, 5.41) is 6.26. The Morgan fingerprint density at radius 2 is 1.90 bits per heavy atom. The van der Waals surface area contributed by atoms with E-state index >= 15 is 0 Å². The number of carbonyl (C=O) groups is 3. The van der Waals surface area contributed by atoms with Crippen LogP contribution < -0.4 is 16.2 Å². The van der Waals surface area contributed by atoms with Gasteiger partial charge < -0.3 is 34.3 Å². The number of rotatable bonds is 12. The molecule has 11 nitrogen and oxygen atoms in total. The minimum atomic E-state index is -1.21. The van der Waals surface area contributed by atoms with E-state index in [9.17, 15) is 23.6 Å². The molecule has 3 rings (SSSR count). The summed E-state index contributed by atoms with van der Waals surface area (Å²) in [4.78, 5) is 53.7. The molecule has 41 heavy (non-hydrogen) atoms. The maximum absolute atomic E-state index is 13.7. The number of ether oxygens (including phenoxy) is 1. The molecule has 1 aromatic carbocycles. The quantitative estimate of drug-likeness (QED) is 0.325. The number of aromatic nitrogens is 2. The molecule has 1 unspecified atom stereocenters. The third kappa shape index (κ3) is 8.27. The third-order valence-corrected chi connectivity index (χ3v) is 6.56. The molecule has 220 valence electrons. The van der Waals surface area contributed by atoms with Gasteiger partial charge in [-0.15, -0.1) is 0 Å². The number of allylic oxidation sites excluding steroid dienone is 1. The van der Waals surface area contributed by atoms with Gasteiger partial charge in [-0.3, -0.25) is 14.4 Å². The van der Waals surface area contributed by atoms with Crippen LogP contribution in [0.25, 0.3) is 10.9 Å². The number of nitrogens with zero attached hydrogens (tertiary/aromatic N) is 4. The second kappa shape index (κ2) is 14.3. The van der Waals surface area contributed by atoms with E-state index in [1.165, 1.54) is 38.6 Å². The molecule has 3 aromatic rings. The molecule has 0 saturated heterocycles. The van der Waals surface area contributed by atoms with Gasteiger partial charge in [0.05, 0.1) is 6.54 Å². The van der Waals surface area contributed by atoms with Crippen molar-refractivity contribution in [3.05, 3.63) is 76.6 Å². The molecule has 0 aliphatic carbocycles. The van der Waals surface area contributed by atoms with Crippen molar-refractivity contribution in [3.8, 4) is 0 Å². The number of nitrogens with one attached hydrogen (secondary N) is 2. The molecule has 2 heterocycles. The van der Waals surface area contributed by atoms with E-state index in [1.807, 2.05) is 17.7 Å². The van der Waals surface area contributed by atoms with E-state index in [4.69, 9.17) is 4.74 Å². The van der Waals surface area contributed by atoms with Gasteiger partial charge in [-0.05, 0) is 62.4 Å². The molecule has 2 aromatic heterocycles. The van der Waals surface area contributed by atoms with Crippen molar-refractivity contribution >= 4 is 34.5 Å². The summed E-state index contributed by atoms with van der Waals surface area (Å²) in [7, 11) is 8.39. The van der Waals surface area contributed by atoms with Gasteiger partial charge in [0.1, 0.15) is 11.5 Å². The van der Waals surface area contributed by atoms with Gasteiger partial charge >= 0.3 is 6.09 Å². The lowest BCUT2D eigenvalue weighted by molar-refractivity contribution is -0.125. The van der Waals surface area contributed by atoms with E-state index < -0.39 is 23.7 Å². The highest BCUT2D eigenvalue weighted by molar-refractivity contribution is 5.95. The molecule has 0 fully saturated rings. The van der Waals surface area contributed by atoms with Crippen molar-refractivity contribution in [1.82, 2.24) is 24.3 Å². The zero-order valence-electron chi connectivity index (χ0n) is 24.0. The summed E-state index contributed by atoms with van der Waals surface area (Å²) in [6, 6.07) is 9.40. The Labute approximate surface area is 238 Å². The van der Waals surface area contributed by atoms with Crippen LogP contribution >= 0.6 is 0 Å². The fourth-order valence-electron chi connectivity index (χ4n) is 4.08. The normalized spacial score (nSPS) is 12.0. The van der Waals surface area contributed by atoms with E-state index in [0.29, 0.717) is 18.5 Å². The van der Waals surface area contributed by atoms with E-state index in [0.717, 1.165) is 11.2 Å². The monoisotopic (exact) mass is 568 g/mol. The van der Waals surface area contributed by atoms with Gasteiger partial charge in [-0.1, -0.05) is 6.08 Å². The van der Waals surface area contributed by atoms with Crippen molar-refractivity contribution in [2.45, 2.75) is 25.5 Å². The Morgan fingerprint density at radius 3 is 2.61 bits per heavy atom. The highest BCUT2D eigenvalue weighted by Crippen LogP contribution is 2.20. The fraction of sp³-hybridized carbons (Fsp3) is 0.379. The number of hydrogen-bond donors (Lipinski definition) is 2. The lowest BCUT2D eigenvalue weighted by Crippen LogP contribution is -2.40. The summed E-state index contributed by atoms with van der Waals surface area (Å²) < 4.78 is 22.5. The number of hydrogen-bond acceptors (Lipinski definition) is 6. The number of pyridine rings is 1. The number of halogens is 1. The standard InChI is InChI=1S/C29H37FN6O5/c1-31-14-16-34(4)29(40)41-25(10-6-7-11-26(37)33(2)3)27(38)32-23-9-8-15-36(28(23)39)19-22-18-20-17-21(30)12-13-24(20)35(22)5/h7-9,11-13,15,17-18,25,31H,6,10,14,16,19H2,1-5H3,(H,32,38)/b11-7+. The van der Waals surface area contributed by atoms with Crippen LogP contribution in [-0.4, -0.2) is 84.2 Å². The van der Waals surface area contributed by atoms with Crippen LogP contribution in [0.5, 0.6) is 0 Å². The van der Waals surface area contributed by atoms with Crippen LogP contribution in [-0.2, 0) is 27.9 Å². The van der Waals surface area contributed by atoms with E-state index in [1.54, 1.807) is 52.6 Å². The second-order valence-corrected chi connectivity index (χ2v) is 9.85. The smallest absolute Gasteiger partial charge is 0.410 e. The lowest BCUT2D eigenvalue weighted by Gasteiger charge is -2.22. The Balaban J connectivity index is 1.78. The van der Waals surface area contributed by atoms with Crippen molar-refractivity contribution in [2.75, 3.05) is 46.6 Å². The first kappa shape index (κ1) is 31.1. The molecule has 1 atom stereocenters. The van der Waals surface area contributed by atoms with Crippen LogP contribution in [0.3, 0.4) is 0 Å². The van der Waals surface area contributed by atoms with Crippen molar-refractivity contribution in [2.24, 2.45) is 7.05 Å². The van der Waals surface area contributed by atoms with Gasteiger partial charge in [-0.25, -0.2) is 9.18 Å². The highest BCUT2D eigenvalue weighted by Gasteiger charge is 2.25. The largest absolute Gasteiger partial charge is 0.436 e. The van der Waals surface area contributed by atoms with E-state index in [2.05, 4.69) is 10.6 Å². The van der Waals surface area contributed by atoms with Gasteiger partial charge in [0, 0.05) is 64.1 Å². The minimum Gasteiger partial charge on any atom is -0.436 e. The predicted molar refractivity (Wildman–Crippen MR) is 155 cm³/mol. The van der Waals surface area contributed by atoms with Crippen LogP contribution in [0, 0.1) is 5.82 Å². The van der Waals surface area contributed by atoms with Crippen LogP contribution in [0.15, 0.2) is 59.5 Å². The van der Waals surface area contributed by atoms with Crippen LogP contribution in [0.2, 0.25) is 0 Å². The molecule has 0 radical (unpaired) electrons. The predicted octanol–water partition coefficient (Wildman–Crippen LogP) is 2.55. The Bertz CT molecular complexity index is 1480. The van der Waals surface area contributed by atoms with Gasteiger partial charge in [0.25, 0.3) is 11.5 Å². The third-order valence-electron chi connectivity index (χ3n) is 6.56. The molecule has 0 spiro atoms. The summed E-state index contributed by atoms with van der Waals surface area (Å²) in [6.45, 7) is 1.09. The van der Waals surface area contributed by atoms with E-state index in [-0.39, 0.29) is 36.8 Å². The van der Waals surface area contributed by atoms with Gasteiger partial charge in [0.15, 0.2) is 6.10 Å². The first-order valence-corrected chi connectivity index (χ1v) is 13.2. The van der Waals surface area contributed by atoms with Gasteiger partial charge in [-0.2, -0.15) is 0 Å². The average Bonchev–Trinajstić information content (AvgIpc) is 3.24. The minimum absolute atomic E-state index is 0.0187. The molecule has 0 aliphatic rings. The molecule has 0 aliphatic heterocycles. The maximum atomic E-state index is 13.7. The highest BCUT2D eigenvalue weighted by atomic mass is 19.1. The Kier molecular flexibility index (Phi) is 10.8. The average molecular weight is 569 g/mol. The number of anilines is 1. The number of amides is 3. The molecular weight excluding hydrogens is 531 g/mol. The lowest BCUT2D eigenvalue weighted by atomic mass is 10.1. The number of carbonyl (C=O) groups excluding carboxylic acids is 3. The zero-order valence-corrected chi connectivity index (χ0v) is 24.0. The number of benzene rings is 1. The molecule has 2 N–H and O–H groups in total. The van der Waals surface area contributed by atoms with Crippen molar-refractivity contribution in [3.63, 3.8) is 0 Å².